The molecule has 0 atom stereocenters. The molecule has 0 aliphatic heterocycles. The molecule has 0 spiro atoms. The van der Waals surface area contributed by atoms with Crippen LogP contribution >= 0.6 is 0 Å². The fraction of sp³-hybridized carbons (Fsp3) is 0.500. The van der Waals surface area contributed by atoms with E-state index in [4.69, 9.17) is 10.00 Å². The van der Waals surface area contributed by atoms with Gasteiger partial charge in [-0.1, -0.05) is 37.8 Å². The predicted molar refractivity (Wildman–Crippen MR) is 77.4 cm³/mol. The summed E-state index contributed by atoms with van der Waals surface area (Å²) in [5, 5.41) is 11.4. The largest absolute Gasteiger partial charge is 0.477 e. The van der Waals surface area contributed by atoms with Crippen LogP contribution in [0.15, 0.2) is 24.3 Å². The maximum absolute atomic E-state index is 12.0. The summed E-state index contributed by atoms with van der Waals surface area (Å²) in [6.45, 7) is -0.0189. The summed E-state index contributed by atoms with van der Waals surface area (Å²) in [6, 6.07) is 9.13. The minimum Gasteiger partial charge on any atom is -0.477 e. The number of amides is 1. The summed E-state index contributed by atoms with van der Waals surface area (Å²) in [7, 11) is 0. The molecule has 1 fully saturated rings. The van der Waals surface area contributed by atoms with Crippen LogP contribution in [0.5, 0.6) is 5.75 Å². The Balaban J connectivity index is 1.85. The highest BCUT2D eigenvalue weighted by Crippen LogP contribution is 2.29. The van der Waals surface area contributed by atoms with Gasteiger partial charge in [-0.2, -0.15) is 5.26 Å². The van der Waals surface area contributed by atoms with Crippen molar-refractivity contribution in [3.8, 4) is 11.8 Å². The molecule has 2 rings (SSSR count). The highest BCUT2D eigenvalue weighted by atomic mass is 16.5. The van der Waals surface area contributed by atoms with Gasteiger partial charge in [0.15, 0.2) is 6.61 Å². The van der Waals surface area contributed by atoms with Gasteiger partial charge in [-0.15, -0.1) is 0 Å². The van der Waals surface area contributed by atoms with Crippen LogP contribution in [0.4, 0.5) is 5.69 Å². The predicted octanol–water partition coefficient (Wildman–Crippen LogP) is 3.50. The van der Waals surface area contributed by atoms with Crippen LogP contribution in [-0.4, -0.2) is 12.5 Å². The number of hydrogen-bond acceptors (Lipinski definition) is 3. The molecule has 0 heterocycles. The van der Waals surface area contributed by atoms with Crippen LogP contribution in [0, 0.1) is 17.2 Å². The molecular formula is C16H20N2O2. The second-order valence-corrected chi connectivity index (χ2v) is 5.18. The number of benzene rings is 1. The van der Waals surface area contributed by atoms with E-state index in [1.807, 2.05) is 18.2 Å². The molecule has 106 valence electrons. The maximum atomic E-state index is 12.0. The number of hydrogen-bond donors (Lipinski definition) is 1. The van der Waals surface area contributed by atoms with Gasteiger partial charge in [-0.05, 0) is 24.5 Å². The van der Waals surface area contributed by atoms with Gasteiger partial charge in [0, 0.05) is 6.42 Å². The lowest BCUT2D eigenvalue weighted by molar-refractivity contribution is -0.116. The van der Waals surface area contributed by atoms with Crippen LogP contribution in [0.2, 0.25) is 0 Å². The number of nitriles is 1. The molecule has 0 saturated heterocycles. The molecule has 1 aliphatic carbocycles. The van der Waals surface area contributed by atoms with E-state index >= 15 is 0 Å². The van der Waals surface area contributed by atoms with Gasteiger partial charge >= 0.3 is 0 Å². The molecule has 1 aliphatic rings. The van der Waals surface area contributed by atoms with Gasteiger partial charge in [0.2, 0.25) is 5.91 Å². The Morgan fingerprint density at radius 1 is 1.35 bits per heavy atom. The molecule has 1 saturated carbocycles. The average Bonchev–Trinajstić information content (AvgIpc) is 2.97. The zero-order chi connectivity index (χ0) is 14.2. The lowest BCUT2D eigenvalue weighted by atomic mass is 10.0. The molecule has 1 aromatic carbocycles. The normalized spacial score (nSPS) is 14.8. The molecule has 0 unspecified atom stereocenters. The first-order valence-electron chi connectivity index (χ1n) is 7.18. The highest BCUT2D eigenvalue weighted by molar-refractivity contribution is 5.92. The maximum Gasteiger partial charge on any atom is 0.224 e. The number of nitrogens with zero attached hydrogens (tertiary/aromatic N) is 1. The summed E-state index contributed by atoms with van der Waals surface area (Å²) in [4.78, 5) is 12.0. The number of para-hydroxylation sites is 2. The van der Waals surface area contributed by atoms with Crippen molar-refractivity contribution < 1.29 is 9.53 Å². The smallest absolute Gasteiger partial charge is 0.224 e. The van der Waals surface area contributed by atoms with Crippen molar-refractivity contribution in [2.24, 2.45) is 5.92 Å². The summed E-state index contributed by atoms with van der Waals surface area (Å²) in [5.41, 5.74) is 0.638. The number of carbonyl (C=O) groups is 1. The first kappa shape index (κ1) is 14.4. The monoisotopic (exact) mass is 272 g/mol. The zero-order valence-corrected chi connectivity index (χ0v) is 11.6. The van der Waals surface area contributed by atoms with Gasteiger partial charge in [-0.3, -0.25) is 4.79 Å². The van der Waals surface area contributed by atoms with Gasteiger partial charge in [0.05, 0.1) is 5.69 Å². The van der Waals surface area contributed by atoms with Crippen LogP contribution in [0.1, 0.15) is 38.5 Å². The zero-order valence-electron chi connectivity index (χ0n) is 11.6. The lowest BCUT2D eigenvalue weighted by Crippen LogP contribution is -2.13. The molecule has 0 radical (unpaired) electrons. The third-order valence-corrected chi connectivity index (χ3v) is 3.71. The molecule has 1 N–H and O–H groups in total. The Labute approximate surface area is 119 Å². The van der Waals surface area contributed by atoms with Crippen molar-refractivity contribution >= 4 is 11.6 Å². The molecule has 0 bridgehead atoms. The third kappa shape index (κ3) is 4.27. The summed E-state index contributed by atoms with van der Waals surface area (Å²) >= 11 is 0. The third-order valence-electron chi connectivity index (χ3n) is 3.71. The van der Waals surface area contributed by atoms with Crippen molar-refractivity contribution in [3.05, 3.63) is 24.3 Å². The molecule has 20 heavy (non-hydrogen) atoms. The standard InChI is InChI=1S/C16H20N2O2/c17-11-12-20-15-8-4-3-7-14(15)18-16(19)10-9-13-5-1-2-6-13/h3-4,7-8,13H,1-2,5-6,9-10,12H2,(H,18,19). The summed E-state index contributed by atoms with van der Waals surface area (Å²) in [5.74, 6) is 1.28. The Hall–Kier alpha value is -2.02. The van der Waals surface area contributed by atoms with Crippen molar-refractivity contribution in [2.75, 3.05) is 11.9 Å². The number of nitrogens with one attached hydrogen (secondary N) is 1. The Morgan fingerprint density at radius 2 is 2.10 bits per heavy atom. The Morgan fingerprint density at radius 3 is 2.85 bits per heavy atom. The summed E-state index contributed by atoms with van der Waals surface area (Å²) in [6.07, 6.45) is 6.64. The molecule has 4 heteroatoms. The first-order chi connectivity index (χ1) is 9.79. The second-order valence-electron chi connectivity index (χ2n) is 5.18. The van der Waals surface area contributed by atoms with E-state index in [-0.39, 0.29) is 12.5 Å². The van der Waals surface area contributed by atoms with E-state index < -0.39 is 0 Å². The highest BCUT2D eigenvalue weighted by Gasteiger charge is 2.16. The fourth-order valence-electron chi connectivity index (χ4n) is 2.65. The number of anilines is 1. The molecule has 1 amide bonds. The van der Waals surface area contributed by atoms with Crippen LogP contribution < -0.4 is 10.1 Å². The number of ether oxygens (including phenoxy) is 1. The molecule has 0 aromatic heterocycles. The van der Waals surface area contributed by atoms with Crippen LogP contribution in [0.3, 0.4) is 0 Å². The van der Waals surface area contributed by atoms with Gasteiger partial charge < -0.3 is 10.1 Å². The van der Waals surface area contributed by atoms with Gasteiger partial charge in [0.1, 0.15) is 11.8 Å². The molecule has 1 aromatic rings. The van der Waals surface area contributed by atoms with E-state index in [2.05, 4.69) is 5.32 Å². The van der Waals surface area contributed by atoms with E-state index in [0.29, 0.717) is 23.8 Å². The van der Waals surface area contributed by atoms with E-state index in [1.165, 1.54) is 25.7 Å². The fourth-order valence-corrected chi connectivity index (χ4v) is 2.65. The number of rotatable bonds is 6. The van der Waals surface area contributed by atoms with Crippen molar-refractivity contribution in [3.63, 3.8) is 0 Å². The quantitative estimate of drug-likeness (QED) is 0.862. The SMILES string of the molecule is N#CCOc1ccccc1NC(=O)CCC1CCCC1. The van der Waals surface area contributed by atoms with E-state index in [9.17, 15) is 4.79 Å². The van der Waals surface area contributed by atoms with Gasteiger partial charge in [-0.25, -0.2) is 0 Å². The minimum absolute atomic E-state index is 0.0184. The van der Waals surface area contributed by atoms with E-state index in [0.717, 1.165) is 6.42 Å². The van der Waals surface area contributed by atoms with Crippen LogP contribution in [0.25, 0.3) is 0 Å². The Kier molecular flexibility index (Phi) is 5.43. The lowest BCUT2D eigenvalue weighted by Gasteiger charge is -2.12. The summed E-state index contributed by atoms with van der Waals surface area (Å²) < 4.78 is 5.29. The minimum atomic E-state index is -0.0189. The topological polar surface area (TPSA) is 62.1 Å². The molecular weight excluding hydrogens is 252 g/mol. The van der Waals surface area contributed by atoms with Crippen molar-refractivity contribution in [1.82, 2.24) is 0 Å². The van der Waals surface area contributed by atoms with E-state index in [1.54, 1.807) is 12.1 Å². The van der Waals surface area contributed by atoms with Crippen molar-refractivity contribution in [1.29, 1.82) is 5.26 Å². The van der Waals surface area contributed by atoms with Crippen molar-refractivity contribution in [2.45, 2.75) is 38.5 Å². The Bertz CT molecular complexity index is 487. The van der Waals surface area contributed by atoms with Crippen LogP contribution in [-0.2, 0) is 4.79 Å². The second kappa shape index (κ2) is 7.54. The molecule has 4 nitrogen and oxygen atoms in total. The van der Waals surface area contributed by atoms with Gasteiger partial charge in [0.25, 0.3) is 0 Å². The first-order valence-corrected chi connectivity index (χ1v) is 7.18. The number of carbonyl (C=O) groups excluding carboxylic acids is 1. The average molecular weight is 272 g/mol.